The predicted molar refractivity (Wildman–Crippen MR) is 71.9 cm³/mol. The van der Waals surface area contributed by atoms with Gasteiger partial charge in [-0.1, -0.05) is 13.8 Å². The van der Waals surface area contributed by atoms with E-state index in [0.29, 0.717) is 12.5 Å². The molecule has 2 rings (SSSR count). The summed E-state index contributed by atoms with van der Waals surface area (Å²) in [5.74, 6) is 1.14. The maximum atomic E-state index is 10.7. The molecule has 0 saturated heterocycles. The van der Waals surface area contributed by atoms with Gasteiger partial charge < -0.3 is 19.5 Å². The van der Waals surface area contributed by atoms with E-state index in [1.165, 1.54) is 0 Å². The molecule has 0 atom stereocenters. The minimum Gasteiger partial charge on any atom is -0.481 e. The Labute approximate surface area is 112 Å². The molecule has 5 heteroatoms. The van der Waals surface area contributed by atoms with Gasteiger partial charge in [-0.15, -0.1) is 0 Å². The second-order valence-corrected chi connectivity index (χ2v) is 5.02. The van der Waals surface area contributed by atoms with Crippen molar-refractivity contribution < 1.29 is 19.4 Å². The van der Waals surface area contributed by atoms with Gasteiger partial charge in [0, 0.05) is 24.8 Å². The molecule has 0 bridgehead atoms. The first-order valence-electron chi connectivity index (χ1n) is 6.42. The first-order valence-corrected chi connectivity index (χ1v) is 6.42. The van der Waals surface area contributed by atoms with Crippen molar-refractivity contribution in [3.05, 3.63) is 18.2 Å². The van der Waals surface area contributed by atoms with Gasteiger partial charge in [0.1, 0.15) is 0 Å². The maximum absolute atomic E-state index is 10.7. The summed E-state index contributed by atoms with van der Waals surface area (Å²) in [4.78, 5) is 12.8. The number of carboxylic acids is 1. The number of anilines is 1. The quantitative estimate of drug-likeness (QED) is 0.855. The van der Waals surface area contributed by atoms with Gasteiger partial charge in [-0.2, -0.15) is 0 Å². The van der Waals surface area contributed by atoms with Crippen molar-refractivity contribution >= 4 is 11.7 Å². The van der Waals surface area contributed by atoms with Crippen LogP contribution in [0.25, 0.3) is 0 Å². The van der Waals surface area contributed by atoms with Gasteiger partial charge in [0.15, 0.2) is 11.5 Å². The van der Waals surface area contributed by atoms with E-state index < -0.39 is 5.97 Å². The zero-order chi connectivity index (χ0) is 13.8. The molecule has 0 radical (unpaired) electrons. The molecule has 1 aromatic carbocycles. The van der Waals surface area contributed by atoms with Crippen LogP contribution in [0.2, 0.25) is 0 Å². The first-order chi connectivity index (χ1) is 9.06. The second-order valence-electron chi connectivity index (χ2n) is 5.02. The SMILES string of the molecule is CC(C)CN(CCC(=O)O)c1ccc2c(c1)OCO2. The molecule has 5 nitrogen and oxygen atoms in total. The number of hydrogen-bond donors (Lipinski definition) is 1. The van der Waals surface area contributed by atoms with Gasteiger partial charge in [0.05, 0.1) is 6.42 Å². The maximum Gasteiger partial charge on any atom is 0.305 e. The van der Waals surface area contributed by atoms with Crippen LogP contribution < -0.4 is 14.4 Å². The van der Waals surface area contributed by atoms with Gasteiger partial charge in [-0.25, -0.2) is 0 Å². The lowest BCUT2D eigenvalue weighted by Gasteiger charge is -2.26. The monoisotopic (exact) mass is 265 g/mol. The van der Waals surface area contributed by atoms with E-state index >= 15 is 0 Å². The van der Waals surface area contributed by atoms with E-state index in [9.17, 15) is 4.79 Å². The third-order valence-electron chi connectivity index (χ3n) is 2.90. The number of ether oxygens (including phenoxy) is 2. The van der Waals surface area contributed by atoms with Crippen LogP contribution in [-0.4, -0.2) is 31.0 Å². The zero-order valence-electron chi connectivity index (χ0n) is 11.3. The Balaban J connectivity index is 2.14. The van der Waals surface area contributed by atoms with Crippen molar-refractivity contribution in [1.82, 2.24) is 0 Å². The molecule has 1 heterocycles. The smallest absolute Gasteiger partial charge is 0.305 e. The van der Waals surface area contributed by atoms with E-state index in [0.717, 1.165) is 23.7 Å². The number of nitrogens with zero attached hydrogens (tertiary/aromatic N) is 1. The normalized spacial score (nSPS) is 12.8. The van der Waals surface area contributed by atoms with Crippen molar-refractivity contribution in [3.63, 3.8) is 0 Å². The van der Waals surface area contributed by atoms with Gasteiger partial charge in [0.25, 0.3) is 0 Å². The molecule has 0 spiro atoms. The molecular formula is C14H19NO4. The summed E-state index contributed by atoms with van der Waals surface area (Å²) in [6, 6.07) is 5.72. The van der Waals surface area contributed by atoms with Crippen LogP contribution in [0, 0.1) is 5.92 Å². The van der Waals surface area contributed by atoms with Crippen molar-refractivity contribution in [2.24, 2.45) is 5.92 Å². The average molecular weight is 265 g/mol. The van der Waals surface area contributed by atoms with Crippen LogP contribution in [-0.2, 0) is 4.79 Å². The number of carboxylic acid groups (broad SMARTS) is 1. The summed E-state index contributed by atoms with van der Waals surface area (Å²) in [6.45, 7) is 5.78. The van der Waals surface area contributed by atoms with E-state index in [2.05, 4.69) is 18.7 Å². The first kappa shape index (κ1) is 13.5. The van der Waals surface area contributed by atoms with Crippen LogP contribution in [0.1, 0.15) is 20.3 Å². The molecule has 0 aromatic heterocycles. The number of rotatable bonds is 6. The largest absolute Gasteiger partial charge is 0.481 e. The van der Waals surface area contributed by atoms with Crippen LogP contribution in [0.15, 0.2) is 18.2 Å². The van der Waals surface area contributed by atoms with Gasteiger partial charge in [-0.05, 0) is 18.1 Å². The van der Waals surface area contributed by atoms with Crippen molar-refractivity contribution in [3.8, 4) is 11.5 Å². The molecule has 0 unspecified atom stereocenters. The fraction of sp³-hybridized carbons (Fsp3) is 0.500. The Bertz CT molecular complexity index is 459. The highest BCUT2D eigenvalue weighted by molar-refractivity contribution is 5.68. The van der Waals surface area contributed by atoms with Crippen LogP contribution >= 0.6 is 0 Å². The second kappa shape index (κ2) is 5.82. The number of fused-ring (bicyclic) bond motifs is 1. The van der Waals surface area contributed by atoms with E-state index in [4.69, 9.17) is 14.6 Å². The summed E-state index contributed by atoms with van der Waals surface area (Å²) in [5.41, 5.74) is 0.971. The van der Waals surface area contributed by atoms with Crippen molar-refractivity contribution in [2.75, 3.05) is 24.8 Å². The number of benzene rings is 1. The molecule has 1 aliphatic heterocycles. The molecule has 1 N–H and O–H groups in total. The molecule has 0 fully saturated rings. The molecule has 1 aromatic rings. The highest BCUT2D eigenvalue weighted by atomic mass is 16.7. The van der Waals surface area contributed by atoms with Crippen LogP contribution in [0.4, 0.5) is 5.69 Å². The predicted octanol–water partition coefficient (Wildman–Crippen LogP) is 2.35. The minimum absolute atomic E-state index is 0.126. The fourth-order valence-electron chi connectivity index (χ4n) is 2.08. The topological polar surface area (TPSA) is 59.0 Å². The fourth-order valence-corrected chi connectivity index (χ4v) is 2.08. The molecule has 1 aliphatic rings. The van der Waals surface area contributed by atoms with Crippen LogP contribution in [0.3, 0.4) is 0 Å². The number of hydrogen-bond acceptors (Lipinski definition) is 4. The molecule has 104 valence electrons. The van der Waals surface area contributed by atoms with E-state index in [1.54, 1.807) is 0 Å². The Morgan fingerprint density at radius 3 is 2.79 bits per heavy atom. The van der Waals surface area contributed by atoms with Gasteiger partial charge in [0.2, 0.25) is 6.79 Å². The van der Waals surface area contributed by atoms with Crippen LogP contribution in [0.5, 0.6) is 11.5 Å². The highest BCUT2D eigenvalue weighted by Crippen LogP contribution is 2.35. The molecule has 0 aliphatic carbocycles. The summed E-state index contributed by atoms with van der Waals surface area (Å²) < 4.78 is 10.6. The molecule has 0 amide bonds. The van der Waals surface area contributed by atoms with Crippen molar-refractivity contribution in [2.45, 2.75) is 20.3 Å². The molecular weight excluding hydrogens is 246 g/mol. The van der Waals surface area contributed by atoms with E-state index in [1.807, 2.05) is 18.2 Å². The summed E-state index contributed by atoms with van der Waals surface area (Å²) in [6.07, 6.45) is 0.126. The van der Waals surface area contributed by atoms with E-state index in [-0.39, 0.29) is 13.2 Å². The third-order valence-corrected chi connectivity index (χ3v) is 2.90. The Morgan fingerprint density at radius 1 is 1.37 bits per heavy atom. The Morgan fingerprint density at radius 2 is 2.11 bits per heavy atom. The summed E-state index contributed by atoms with van der Waals surface area (Å²) in [7, 11) is 0. The standard InChI is InChI=1S/C14H19NO4/c1-10(2)8-15(6-5-14(16)17)11-3-4-12-13(7-11)19-9-18-12/h3-4,7,10H,5-6,8-9H2,1-2H3,(H,16,17). The van der Waals surface area contributed by atoms with Crippen molar-refractivity contribution in [1.29, 1.82) is 0 Å². The lowest BCUT2D eigenvalue weighted by molar-refractivity contribution is -0.136. The Hall–Kier alpha value is -1.91. The Kier molecular flexibility index (Phi) is 4.14. The minimum atomic E-state index is -0.783. The lowest BCUT2D eigenvalue weighted by Crippen LogP contribution is -2.29. The summed E-state index contributed by atoms with van der Waals surface area (Å²) in [5, 5.41) is 8.83. The molecule has 19 heavy (non-hydrogen) atoms. The lowest BCUT2D eigenvalue weighted by atomic mass is 10.1. The zero-order valence-corrected chi connectivity index (χ0v) is 11.3. The summed E-state index contributed by atoms with van der Waals surface area (Å²) >= 11 is 0. The third kappa shape index (κ3) is 3.53. The number of carbonyl (C=O) groups is 1. The highest BCUT2D eigenvalue weighted by Gasteiger charge is 2.17. The average Bonchev–Trinajstić information content (AvgIpc) is 2.80. The van der Waals surface area contributed by atoms with Gasteiger partial charge in [-0.3, -0.25) is 4.79 Å². The molecule has 0 saturated carbocycles. The number of aliphatic carboxylic acids is 1. The van der Waals surface area contributed by atoms with Gasteiger partial charge >= 0.3 is 5.97 Å².